The maximum absolute atomic E-state index is 12.4. The molecule has 2 amide bonds. The monoisotopic (exact) mass is 401 g/mol. The lowest BCUT2D eigenvalue weighted by molar-refractivity contribution is -0.120. The van der Waals surface area contributed by atoms with Crippen molar-refractivity contribution in [1.29, 1.82) is 0 Å². The third kappa shape index (κ3) is 5.54. The first-order valence-corrected chi connectivity index (χ1v) is 10.1. The molecule has 0 spiro atoms. The van der Waals surface area contributed by atoms with Gasteiger partial charge in [-0.1, -0.05) is 74.5 Å². The summed E-state index contributed by atoms with van der Waals surface area (Å²) in [6, 6.07) is 21.6. The summed E-state index contributed by atoms with van der Waals surface area (Å²) in [4.78, 5) is 24.7. The smallest absolute Gasteiger partial charge is 0.244 e. The second-order valence-electron chi connectivity index (χ2n) is 7.66. The van der Waals surface area contributed by atoms with Crippen molar-refractivity contribution in [3.05, 3.63) is 77.9 Å². The molecule has 3 aromatic carbocycles. The first-order chi connectivity index (χ1) is 14.4. The molecule has 3 rings (SSSR count). The molecular formula is C25H27N3O2. The normalized spacial score (nSPS) is 11.5. The maximum atomic E-state index is 12.4. The minimum Gasteiger partial charge on any atom is -0.325 e. The number of nitrogens with zero attached hydrogens (tertiary/aromatic N) is 1. The molecule has 0 radical (unpaired) electrons. The molecule has 0 aliphatic heterocycles. The summed E-state index contributed by atoms with van der Waals surface area (Å²) in [5.41, 5.74) is 5.95. The summed E-state index contributed by atoms with van der Waals surface area (Å²) in [6.07, 6.45) is 0.340. The van der Waals surface area contributed by atoms with Gasteiger partial charge in [-0.05, 0) is 40.8 Å². The van der Waals surface area contributed by atoms with Crippen LogP contribution in [-0.4, -0.2) is 17.5 Å². The molecule has 0 bridgehead atoms. The molecule has 0 aromatic heterocycles. The molecular weight excluding hydrogens is 374 g/mol. The number of rotatable bonds is 7. The summed E-state index contributed by atoms with van der Waals surface area (Å²) < 4.78 is 0. The van der Waals surface area contributed by atoms with Crippen LogP contribution in [0, 0.1) is 0 Å². The fraction of sp³-hybridized carbons (Fsp3) is 0.240. The summed E-state index contributed by atoms with van der Waals surface area (Å²) >= 11 is 0. The molecule has 0 atom stereocenters. The summed E-state index contributed by atoms with van der Waals surface area (Å²) in [5, 5.41) is 9.19. The van der Waals surface area contributed by atoms with Gasteiger partial charge in [-0.15, -0.1) is 0 Å². The first-order valence-electron chi connectivity index (χ1n) is 10.1. The highest BCUT2D eigenvalue weighted by Crippen LogP contribution is 2.23. The molecule has 0 aliphatic carbocycles. The van der Waals surface area contributed by atoms with E-state index in [0.717, 1.165) is 27.6 Å². The topological polar surface area (TPSA) is 70.6 Å². The Balaban J connectivity index is 1.57. The van der Waals surface area contributed by atoms with Gasteiger partial charge in [-0.25, -0.2) is 5.43 Å². The number of fused-ring (bicyclic) bond motifs is 1. The summed E-state index contributed by atoms with van der Waals surface area (Å²) in [7, 11) is 0. The van der Waals surface area contributed by atoms with E-state index >= 15 is 0 Å². The molecule has 30 heavy (non-hydrogen) atoms. The van der Waals surface area contributed by atoms with Crippen LogP contribution in [0.3, 0.4) is 0 Å². The maximum Gasteiger partial charge on any atom is 0.244 e. The predicted octanol–water partition coefficient (Wildman–Crippen LogP) is 5.03. The number of carbonyl (C=O) groups is 2. The molecule has 3 aromatic rings. The lowest BCUT2D eigenvalue weighted by Gasteiger charge is -2.13. The molecule has 0 aliphatic rings. The molecule has 0 unspecified atom stereocenters. The average molecular weight is 402 g/mol. The Hall–Kier alpha value is -3.47. The third-order valence-corrected chi connectivity index (χ3v) is 4.88. The highest BCUT2D eigenvalue weighted by Gasteiger charge is 2.11. The van der Waals surface area contributed by atoms with Crippen LogP contribution in [-0.2, 0) is 16.0 Å². The standard InChI is InChI=1S/C25H27N3O2/c1-17(2)21-12-6-7-14-23(21)26-24(29)15-18(3)27-28-25(30)16-20-11-8-10-19-9-4-5-13-22(19)20/h4-14,17H,15-16H2,1-3H3,(H,26,29)(H,28,30). The van der Waals surface area contributed by atoms with Crippen LogP contribution in [0.25, 0.3) is 10.8 Å². The highest BCUT2D eigenvalue weighted by molar-refractivity contribution is 6.06. The van der Waals surface area contributed by atoms with Crippen LogP contribution in [0.1, 0.15) is 44.2 Å². The predicted molar refractivity (Wildman–Crippen MR) is 123 cm³/mol. The van der Waals surface area contributed by atoms with Gasteiger partial charge in [-0.2, -0.15) is 5.10 Å². The van der Waals surface area contributed by atoms with Gasteiger partial charge < -0.3 is 5.32 Å². The number of hydrazone groups is 1. The number of hydrogen-bond donors (Lipinski definition) is 2. The number of nitrogens with one attached hydrogen (secondary N) is 2. The van der Waals surface area contributed by atoms with Crippen molar-refractivity contribution < 1.29 is 9.59 Å². The quantitative estimate of drug-likeness (QED) is 0.431. The number of benzene rings is 3. The first kappa shape index (κ1) is 21.2. The van der Waals surface area contributed by atoms with E-state index in [0.29, 0.717) is 11.6 Å². The van der Waals surface area contributed by atoms with Crippen LogP contribution >= 0.6 is 0 Å². The summed E-state index contributed by atoms with van der Waals surface area (Å²) in [5.74, 6) is -0.0615. The Morgan fingerprint density at radius 1 is 0.900 bits per heavy atom. The Labute approximate surface area is 177 Å². The van der Waals surface area contributed by atoms with Gasteiger partial charge >= 0.3 is 0 Å². The highest BCUT2D eigenvalue weighted by atomic mass is 16.2. The van der Waals surface area contributed by atoms with E-state index in [1.54, 1.807) is 6.92 Å². The van der Waals surface area contributed by atoms with Crippen molar-refractivity contribution in [3.63, 3.8) is 0 Å². The largest absolute Gasteiger partial charge is 0.325 e. The Morgan fingerprint density at radius 3 is 2.40 bits per heavy atom. The molecule has 0 fully saturated rings. The van der Waals surface area contributed by atoms with Crippen molar-refractivity contribution >= 4 is 34.0 Å². The lowest BCUT2D eigenvalue weighted by Crippen LogP contribution is -2.23. The fourth-order valence-electron chi connectivity index (χ4n) is 3.40. The number of amides is 2. The number of hydrogen-bond acceptors (Lipinski definition) is 3. The fourth-order valence-corrected chi connectivity index (χ4v) is 3.40. The zero-order chi connectivity index (χ0) is 21.5. The summed E-state index contributed by atoms with van der Waals surface area (Å²) in [6.45, 7) is 5.90. The Kier molecular flexibility index (Phi) is 6.96. The van der Waals surface area contributed by atoms with E-state index < -0.39 is 0 Å². The molecule has 0 saturated heterocycles. The molecule has 2 N–H and O–H groups in total. The zero-order valence-electron chi connectivity index (χ0n) is 17.6. The van der Waals surface area contributed by atoms with Crippen LogP contribution in [0.15, 0.2) is 71.8 Å². The van der Waals surface area contributed by atoms with Gasteiger partial charge in [0.15, 0.2) is 0 Å². The van der Waals surface area contributed by atoms with E-state index in [9.17, 15) is 9.59 Å². The molecule has 0 heterocycles. The van der Waals surface area contributed by atoms with Crippen molar-refractivity contribution in [3.8, 4) is 0 Å². The van der Waals surface area contributed by atoms with Gasteiger partial charge in [0.25, 0.3) is 0 Å². The zero-order valence-corrected chi connectivity index (χ0v) is 17.6. The van der Waals surface area contributed by atoms with Crippen molar-refractivity contribution in [1.82, 2.24) is 5.43 Å². The van der Waals surface area contributed by atoms with Crippen molar-refractivity contribution in [2.24, 2.45) is 5.10 Å². The molecule has 0 saturated carbocycles. The molecule has 5 nitrogen and oxygen atoms in total. The second-order valence-corrected chi connectivity index (χ2v) is 7.66. The Bertz CT molecular complexity index is 1080. The van der Waals surface area contributed by atoms with Crippen LogP contribution < -0.4 is 10.7 Å². The molecule has 154 valence electrons. The second kappa shape index (κ2) is 9.83. The number of para-hydroxylation sites is 1. The SMILES string of the molecule is CC(CC(=O)Nc1ccccc1C(C)C)=NNC(=O)Cc1cccc2ccccc12. The van der Waals surface area contributed by atoms with Gasteiger partial charge in [0.1, 0.15) is 0 Å². The number of carbonyl (C=O) groups excluding carboxylic acids is 2. The van der Waals surface area contributed by atoms with E-state index in [4.69, 9.17) is 0 Å². The van der Waals surface area contributed by atoms with Crippen molar-refractivity contribution in [2.75, 3.05) is 5.32 Å². The minimum absolute atomic E-state index is 0.112. The van der Waals surface area contributed by atoms with E-state index in [1.807, 2.05) is 66.7 Å². The van der Waals surface area contributed by atoms with Crippen LogP contribution in [0.5, 0.6) is 0 Å². The lowest BCUT2D eigenvalue weighted by atomic mass is 10.0. The van der Waals surface area contributed by atoms with Gasteiger partial charge in [-0.3, -0.25) is 9.59 Å². The van der Waals surface area contributed by atoms with Gasteiger partial charge in [0, 0.05) is 11.4 Å². The van der Waals surface area contributed by atoms with Gasteiger partial charge in [0.05, 0.1) is 12.8 Å². The van der Waals surface area contributed by atoms with E-state index in [1.165, 1.54) is 0 Å². The number of anilines is 1. The average Bonchev–Trinajstić information content (AvgIpc) is 2.73. The van der Waals surface area contributed by atoms with Crippen LogP contribution in [0.2, 0.25) is 0 Å². The van der Waals surface area contributed by atoms with E-state index in [-0.39, 0.29) is 24.7 Å². The molecule has 5 heteroatoms. The van der Waals surface area contributed by atoms with Crippen LogP contribution in [0.4, 0.5) is 5.69 Å². The van der Waals surface area contributed by atoms with E-state index in [2.05, 4.69) is 29.7 Å². The van der Waals surface area contributed by atoms with Gasteiger partial charge in [0.2, 0.25) is 11.8 Å². The third-order valence-electron chi connectivity index (χ3n) is 4.88. The Morgan fingerprint density at radius 2 is 1.60 bits per heavy atom. The van der Waals surface area contributed by atoms with Crippen molar-refractivity contribution in [2.45, 2.75) is 39.5 Å². The minimum atomic E-state index is -0.212.